The van der Waals surface area contributed by atoms with Gasteiger partial charge >= 0.3 is 0 Å². The first-order valence-corrected chi connectivity index (χ1v) is 8.68. The first-order chi connectivity index (χ1) is 13.0. The molecule has 0 spiro atoms. The Hall–Kier alpha value is -3.06. The molecule has 27 heavy (non-hydrogen) atoms. The Kier molecular flexibility index (Phi) is 5.61. The normalized spacial score (nSPS) is 12.0. The van der Waals surface area contributed by atoms with Gasteiger partial charge in [0.2, 0.25) is 5.95 Å². The molecular weight excluding hydrogens is 345 g/mol. The van der Waals surface area contributed by atoms with Gasteiger partial charge in [0.05, 0.1) is 5.69 Å². The van der Waals surface area contributed by atoms with Crippen molar-refractivity contribution in [1.29, 1.82) is 0 Å². The SMILES string of the molecule is Cc1c(-c2ccncc2)nc(NC[C@@H](N)Cc2ccccc2F)n(C)c1=O. The van der Waals surface area contributed by atoms with E-state index in [0.717, 1.165) is 5.56 Å². The van der Waals surface area contributed by atoms with Crippen LogP contribution in [0.25, 0.3) is 11.3 Å². The lowest BCUT2D eigenvalue weighted by atomic mass is 10.1. The molecular formula is C20H22FN5O. The van der Waals surface area contributed by atoms with Crippen molar-refractivity contribution < 1.29 is 4.39 Å². The number of halogens is 1. The van der Waals surface area contributed by atoms with Crippen LogP contribution in [-0.2, 0) is 13.5 Å². The van der Waals surface area contributed by atoms with Crippen LogP contribution in [0, 0.1) is 12.7 Å². The topological polar surface area (TPSA) is 85.8 Å². The maximum atomic E-state index is 13.8. The van der Waals surface area contributed by atoms with Gasteiger partial charge in [-0.25, -0.2) is 9.37 Å². The highest BCUT2D eigenvalue weighted by atomic mass is 19.1. The molecule has 3 N–H and O–H groups in total. The number of aromatic nitrogens is 3. The van der Waals surface area contributed by atoms with Crippen LogP contribution >= 0.6 is 0 Å². The van der Waals surface area contributed by atoms with Crippen molar-refractivity contribution in [2.24, 2.45) is 12.8 Å². The van der Waals surface area contributed by atoms with Crippen molar-refractivity contribution in [3.8, 4) is 11.3 Å². The van der Waals surface area contributed by atoms with Crippen molar-refractivity contribution in [3.63, 3.8) is 0 Å². The Bertz CT molecular complexity index is 987. The number of pyridine rings is 1. The van der Waals surface area contributed by atoms with Crippen LogP contribution in [0.4, 0.5) is 10.3 Å². The van der Waals surface area contributed by atoms with Crippen molar-refractivity contribution in [3.05, 3.63) is 76.1 Å². The minimum atomic E-state index is -0.329. The second-order valence-corrected chi connectivity index (χ2v) is 6.45. The van der Waals surface area contributed by atoms with Gasteiger partial charge in [-0.3, -0.25) is 14.3 Å². The number of benzene rings is 1. The fourth-order valence-corrected chi connectivity index (χ4v) is 2.90. The Morgan fingerprint density at radius 2 is 1.93 bits per heavy atom. The van der Waals surface area contributed by atoms with E-state index < -0.39 is 0 Å². The van der Waals surface area contributed by atoms with Crippen molar-refractivity contribution in [2.75, 3.05) is 11.9 Å². The lowest BCUT2D eigenvalue weighted by molar-refractivity contribution is 0.590. The summed E-state index contributed by atoms with van der Waals surface area (Å²) in [4.78, 5) is 21.1. The fraction of sp³-hybridized carbons (Fsp3) is 0.250. The van der Waals surface area contributed by atoms with Crippen LogP contribution in [0.5, 0.6) is 0 Å². The van der Waals surface area contributed by atoms with E-state index in [9.17, 15) is 9.18 Å². The summed E-state index contributed by atoms with van der Waals surface area (Å²) < 4.78 is 15.2. The summed E-state index contributed by atoms with van der Waals surface area (Å²) in [5.74, 6) is 0.148. The molecule has 0 unspecified atom stereocenters. The van der Waals surface area contributed by atoms with Gasteiger partial charge in [0.25, 0.3) is 5.56 Å². The van der Waals surface area contributed by atoms with E-state index in [4.69, 9.17) is 5.73 Å². The summed E-state index contributed by atoms with van der Waals surface area (Å²) >= 11 is 0. The smallest absolute Gasteiger partial charge is 0.258 e. The van der Waals surface area contributed by atoms with Crippen molar-refractivity contribution in [1.82, 2.24) is 14.5 Å². The molecule has 140 valence electrons. The summed E-state index contributed by atoms with van der Waals surface area (Å²) in [6.45, 7) is 2.10. The summed E-state index contributed by atoms with van der Waals surface area (Å²) in [7, 11) is 1.66. The highest BCUT2D eigenvalue weighted by Gasteiger charge is 2.14. The maximum absolute atomic E-state index is 13.8. The molecule has 0 aliphatic rings. The Morgan fingerprint density at radius 1 is 1.22 bits per heavy atom. The molecule has 6 nitrogen and oxygen atoms in total. The zero-order chi connectivity index (χ0) is 19.4. The molecule has 1 aromatic carbocycles. The lowest BCUT2D eigenvalue weighted by Gasteiger charge is -2.17. The monoisotopic (exact) mass is 367 g/mol. The fourth-order valence-electron chi connectivity index (χ4n) is 2.90. The Morgan fingerprint density at radius 3 is 2.63 bits per heavy atom. The van der Waals surface area contributed by atoms with Crippen molar-refractivity contribution >= 4 is 5.95 Å². The Balaban J connectivity index is 1.80. The standard InChI is InChI=1S/C20H22FN5O/c1-13-18(14-7-9-23-10-8-14)25-20(26(2)19(13)27)24-12-16(22)11-15-5-3-4-6-17(15)21/h3-10,16H,11-12,22H2,1-2H3,(H,24,25)/t16-/m0/s1. The summed E-state index contributed by atoms with van der Waals surface area (Å²) in [5.41, 5.74) is 8.55. The second kappa shape index (κ2) is 8.09. The third-order valence-electron chi connectivity index (χ3n) is 4.43. The molecule has 0 aliphatic carbocycles. The molecule has 3 aromatic rings. The van der Waals surface area contributed by atoms with Gasteiger partial charge in [-0.15, -0.1) is 0 Å². The molecule has 0 fully saturated rings. The van der Waals surface area contributed by atoms with Crippen LogP contribution in [0.3, 0.4) is 0 Å². The third kappa shape index (κ3) is 4.20. The third-order valence-corrected chi connectivity index (χ3v) is 4.43. The quantitative estimate of drug-likeness (QED) is 0.698. The molecule has 1 atom stereocenters. The second-order valence-electron chi connectivity index (χ2n) is 6.45. The van der Waals surface area contributed by atoms with Gasteiger partial charge in [-0.2, -0.15) is 0 Å². The van der Waals surface area contributed by atoms with E-state index in [-0.39, 0.29) is 17.4 Å². The highest BCUT2D eigenvalue weighted by molar-refractivity contribution is 5.63. The van der Waals surface area contributed by atoms with Crippen LogP contribution in [0.15, 0.2) is 53.6 Å². The number of hydrogen-bond acceptors (Lipinski definition) is 5. The number of hydrogen-bond donors (Lipinski definition) is 2. The molecule has 2 heterocycles. The van der Waals surface area contributed by atoms with Gasteiger partial charge in [0, 0.05) is 43.2 Å². The van der Waals surface area contributed by atoms with Crippen molar-refractivity contribution in [2.45, 2.75) is 19.4 Å². The lowest BCUT2D eigenvalue weighted by Crippen LogP contribution is -2.34. The number of nitrogens with one attached hydrogen (secondary N) is 1. The van der Waals surface area contributed by atoms with E-state index in [1.807, 2.05) is 12.1 Å². The largest absolute Gasteiger partial charge is 0.354 e. The molecule has 7 heteroatoms. The molecule has 3 rings (SSSR count). The zero-order valence-electron chi connectivity index (χ0n) is 15.3. The summed E-state index contributed by atoms with van der Waals surface area (Å²) in [5, 5.41) is 3.12. The van der Waals surface area contributed by atoms with Crippen LogP contribution in [0.2, 0.25) is 0 Å². The molecule has 0 saturated heterocycles. The summed E-state index contributed by atoms with van der Waals surface area (Å²) in [6, 6.07) is 9.85. The molecule has 0 amide bonds. The summed E-state index contributed by atoms with van der Waals surface area (Å²) in [6.07, 6.45) is 3.70. The van der Waals surface area contributed by atoms with E-state index in [2.05, 4.69) is 15.3 Å². The van der Waals surface area contributed by atoms with Crippen LogP contribution < -0.4 is 16.6 Å². The van der Waals surface area contributed by atoms with E-state index in [1.54, 1.807) is 44.6 Å². The predicted octanol–water partition coefficient (Wildman–Crippen LogP) is 2.27. The maximum Gasteiger partial charge on any atom is 0.258 e. The molecule has 0 saturated carbocycles. The van der Waals surface area contributed by atoms with E-state index >= 15 is 0 Å². The van der Waals surface area contributed by atoms with Crippen LogP contribution in [0.1, 0.15) is 11.1 Å². The molecule has 0 aliphatic heterocycles. The average Bonchev–Trinajstić information content (AvgIpc) is 2.68. The minimum Gasteiger partial charge on any atom is -0.354 e. The molecule has 0 bridgehead atoms. The highest BCUT2D eigenvalue weighted by Crippen LogP contribution is 2.19. The zero-order valence-corrected chi connectivity index (χ0v) is 15.3. The number of anilines is 1. The van der Waals surface area contributed by atoms with Crippen LogP contribution in [-0.4, -0.2) is 27.1 Å². The van der Waals surface area contributed by atoms with Gasteiger partial charge in [-0.1, -0.05) is 18.2 Å². The average molecular weight is 367 g/mol. The van der Waals surface area contributed by atoms with Gasteiger partial charge in [0.1, 0.15) is 5.82 Å². The molecule has 0 radical (unpaired) electrons. The van der Waals surface area contributed by atoms with Gasteiger partial charge < -0.3 is 11.1 Å². The number of nitrogens with zero attached hydrogens (tertiary/aromatic N) is 3. The van der Waals surface area contributed by atoms with E-state index in [1.165, 1.54) is 10.6 Å². The minimum absolute atomic E-state index is 0.137. The Labute approximate surface area is 156 Å². The predicted molar refractivity (Wildman–Crippen MR) is 104 cm³/mol. The number of rotatable bonds is 6. The molecule has 2 aromatic heterocycles. The van der Waals surface area contributed by atoms with Gasteiger partial charge in [0.15, 0.2) is 0 Å². The number of nitrogens with two attached hydrogens (primary N) is 1. The van der Waals surface area contributed by atoms with Gasteiger partial charge in [-0.05, 0) is 37.1 Å². The van der Waals surface area contributed by atoms with E-state index in [0.29, 0.717) is 35.7 Å². The first kappa shape index (κ1) is 18.7. The first-order valence-electron chi connectivity index (χ1n) is 8.68.